The first-order valence-electron chi connectivity index (χ1n) is 8.72. The zero-order valence-electron chi connectivity index (χ0n) is 16.2. The minimum Gasteiger partial charge on any atom is -0.421 e. The number of aromatic nitrogens is 2. The summed E-state index contributed by atoms with van der Waals surface area (Å²) >= 11 is 0. The van der Waals surface area contributed by atoms with E-state index in [0.29, 0.717) is 5.56 Å². The molecule has 0 bridgehead atoms. The molecule has 13 nitrogen and oxygen atoms in total. The smallest absolute Gasteiger partial charge is 0.340 e. The largest absolute Gasteiger partial charge is 0.421 e. The lowest BCUT2D eigenvalue weighted by atomic mass is 10.2. The van der Waals surface area contributed by atoms with Crippen LogP contribution >= 0.6 is 0 Å². The number of ether oxygens (including phenoxy) is 1. The number of carbonyl (C=O) groups excluding carboxylic acids is 1. The molecule has 0 fully saturated rings. The van der Waals surface area contributed by atoms with Crippen LogP contribution in [0.5, 0.6) is 0 Å². The van der Waals surface area contributed by atoms with Gasteiger partial charge in [0.2, 0.25) is 0 Å². The van der Waals surface area contributed by atoms with Crippen LogP contribution in [0.4, 0.5) is 11.5 Å². The number of hydrogen-bond acceptors (Lipinski definition) is 10. The molecule has 14 heteroatoms. The number of nitrogens with one attached hydrogen (secondary N) is 1. The molecule has 1 N–H and O–H groups in total. The van der Waals surface area contributed by atoms with Crippen molar-refractivity contribution in [3.05, 3.63) is 91.9 Å². The highest BCUT2D eigenvalue weighted by molar-refractivity contribution is 7.86. The van der Waals surface area contributed by atoms with Crippen LogP contribution in [0.25, 0.3) is 0 Å². The van der Waals surface area contributed by atoms with Crippen molar-refractivity contribution in [3.63, 3.8) is 0 Å². The van der Waals surface area contributed by atoms with Crippen LogP contribution in [0.2, 0.25) is 0 Å². The lowest BCUT2D eigenvalue weighted by molar-refractivity contribution is -0.389. The van der Waals surface area contributed by atoms with Crippen LogP contribution in [-0.2, 0) is 19.0 Å². The number of aromatic amines is 1. The molecule has 0 amide bonds. The molecule has 1 heterocycles. The molecule has 3 aromatic rings. The summed E-state index contributed by atoms with van der Waals surface area (Å²) in [5.74, 6) is -2.15. The van der Waals surface area contributed by atoms with Crippen molar-refractivity contribution in [2.45, 2.75) is 18.1 Å². The van der Waals surface area contributed by atoms with E-state index < -0.39 is 43.9 Å². The fourth-order valence-corrected chi connectivity index (χ4v) is 3.72. The van der Waals surface area contributed by atoms with Gasteiger partial charge in [0.1, 0.15) is 6.20 Å². The number of rotatable bonds is 8. The number of aryl methyl sites for hydroxylation is 1. The highest BCUT2D eigenvalue weighted by Gasteiger charge is 2.32. The summed E-state index contributed by atoms with van der Waals surface area (Å²) in [6.07, 6.45) is -1.21. The van der Waals surface area contributed by atoms with Crippen molar-refractivity contribution in [2.24, 2.45) is 0 Å². The van der Waals surface area contributed by atoms with Crippen molar-refractivity contribution >= 4 is 27.6 Å². The van der Waals surface area contributed by atoms with Crippen LogP contribution in [0.15, 0.2) is 59.6 Å². The fourth-order valence-electron chi connectivity index (χ4n) is 2.55. The van der Waals surface area contributed by atoms with Crippen LogP contribution in [0.3, 0.4) is 0 Å². The maximum atomic E-state index is 12.8. The number of hydrogen-bond donors (Lipinski definition) is 1. The van der Waals surface area contributed by atoms with Crippen molar-refractivity contribution in [1.82, 2.24) is 9.97 Å². The quantitative estimate of drug-likeness (QED) is 0.171. The zero-order valence-corrected chi connectivity index (χ0v) is 17.0. The number of imidazole rings is 1. The number of non-ortho nitro benzene ring substituents is 1. The number of nitro benzene ring substituents is 1. The van der Waals surface area contributed by atoms with Crippen molar-refractivity contribution in [3.8, 4) is 0 Å². The summed E-state index contributed by atoms with van der Waals surface area (Å²) in [4.78, 5) is 38.4. The Morgan fingerprint density at radius 2 is 1.72 bits per heavy atom. The van der Waals surface area contributed by atoms with Gasteiger partial charge >= 0.3 is 21.9 Å². The van der Waals surface area contributed by atoms with Gasteiger partial charge in [0.15, 0.2) is 0 Å². The predicted molar refractivity (Wildman–Crippen MR) is 106 cm³/mol. The van der Waals surface area contributed by atoms with Gasteiger partial charge in [0.05, 0.1) is 15.4 Å². The third-order valence-electron chi connectivity index (χ3n) is 4.11. The van der Waals surface area contributed by atoms with Gasteiger partial charge in [-0.05, 0) is 35.6 Å². The second kappa shape index (κ2) is 8.91. The summed E-state index contributed by atoms with van der Waals surface area (Å²) < 4.78 is 35.6. The Morgan fingerprint density at radius 1 is 1.06 bits per heavy atom. The second-order valence-electron chi connectivity index (χ2n) is 6.27. The molecular weight excluding hydrogens is 448 g/mol. The van der Waals surface area contributed by atoms with Gasteiger partial charge in [-0.3, -0.25) is 10.1 Å². The highest BCUT2D eigenvalue weighted by Crippen LogP contribution is 2.27. The minimum absolute atomic E-state index is 0.154. The average Bonchev–Trinajstić information content (AvgIpc) is 3.24. The molecule has 1 atom stereocenters. The van der Waals surface area contributed by atoms with Crippen LogP contribution in [-0.4, -0.2) is 34.2 Å². The molecule has 2 aromatic carbocycles. The van der Waals surface area contributed by atoms with Gasteiger partial charge in [-0.1, -0.05) is 18.2 Å². The minimum atomic E-state index is -4.49. The molecule has 3 rings (SSSR count). The van der Waals surface area contributed by atoms with Crippen molar-refractivity contribution in [2.75, 3.05) is 0 Å². The Kier molecular flexibility index (Phi) is 6.27. The molecule has 0 aliphatic carbocycles. The number of nitro groups is 2. The first-order chi connectivity index (χ1) is 15.1. The van der Waals surface area contributed by atoms with Crippen molar-refractivity contribution < 1.29 is 32.0 Å². The number of esters is 1. The first-order valence-corrected chi connectivity index (χ1v) is 10.1. The maximum Gasteiger partial charge on any atom is 0.340 e. The van der Waals surface area contributed by atoms with Crippen LogP contribution < -0.4 is 0 Å². The standard InChI is InChI=1S/C18H14N4O9S/c1-11-4-2-3-5-14(11)32(28,29)31-18(16-19-10-15(20-16)22(26)27)30-17(23)12-6-8-13(9-7-12)21(24)25/h2-10,18H,1H3,(H,19,20). The lowest BCUT2D eigenvalue weighted by Gasteiger charge is -2.15. The molecule has 0 saturated carbocycles. The molecule has 0 aliphatic rings. The number of H-pyrrole nitrogens is 1. The van der Waals surface area contributed by atoms with Crippen molar-refractivity contribution in [1.29, 1.82) is 0 Å². The van der Waals surface area contributed by atoms with E-state index in [1.807, 2.05) is 0 Å². The zero-order chi connectivity index (χ0) is 23.5. The molecule has 166 valence electrons. The molecule has 1 unspecified atom stereocenters. The number of nitrogens with zero attached hydrogens (tertiary/aromatic N) is 3. The van der Waals surface area contributed by atoms with E-state index in [-0.39, 0.29) is 16.1 Å². The SMILES string of the molecule is Cc1ccccc1S(=O)(=O)OC(OC(=O)c1ccc([N+](=O)[O-])cc1)c1ncc([N+](=O)[O-])[nH]1. The van der Waals surface area contributed by atoms with E-state index in [2.05, 4.69) is 9.97 Å². The third-order valence-corrected chi connectivity index (χ3v) is 5.53. The summed E-state index contributed by atoms with van der Waals surface area (Å²) in [5, 5.41) is 21.7. The van der Waals surface area contributed by atoms with Gasteiger partial charge in [0.25, 0.3) is 17.8 Å². The van der Waals surface area contributed by atoms with Crippen LogP contribution in [0.1, 0.15) is 28.0 Å². The van der Waals surface area contributed by atoms with Gasteiger partial charge in [0, 0.05) is 12.1 Å². The first kappa shape index (κ1) is 22.5. The molecule has 0 saturated heterocycles. The second-order valence-corrected chi connectivity index (χ2v) is 7.81. The molecule has 0 radical (unpaired) electrons. The molecular formula is C18H14N4O9S. The Labute approximate surface area is 180 Å². The third kappa shape index (κ3) is 4.93. The van der Waals surface area contributed by atoms with Crippen LogP contribution in [0, 0.1) is 27.2 Å². The Bertz CT molecular complexity index is 1290. The fraction of sp³-hybridized carbons (Fsp3) is 0.111. The molecule has 32 heavy (non-hydrogen) atoms. The Balaban J connectivity index is 1.93. The van der Waals surface area contributed by atoms with Gasteiger partial charge < -0.3 is 14.9 Å². The van der Waals surface area contributed by atoms with Gasteiger partial charge in [-0.2, -0.15) is 8.42 Å². The highest BCUT2D eigenvalue weighted by atomic mass is 32.2. The van der Waals surface area contributed by atoms with E-state index in [1.165, 1.54) is 25.1 Å². The summed E-state index contributed by atoms with van der Waals surface area (Å²) in [5.41, 5.74) is -0.0879. The van der Waals surface area contributed by atoms with Gasteiger partial charge in [-0.25, -0.2) is 18.9 Å². The summed E-state index contributed by atoms with van der Waals surface area (Å²) in [6.45, 7) is 1.52. The monoisotopic (exact) mass is 462 g/mol. The number of carbonyl (C=O) groups is 1. The van der Waals surface area contributed by atoms with E-state index in [4.69, 9.17) is 8.92 Å². The predicted octanol–water partition coefficient (Wildman–Crippen LogP) is 2.80. The normalized spacial score (nSPS) is 12.2. The summed E-state index contributed by atoms with van der Waals surface area (Å²) in [7, 11) is -4.49. The molecule has 0 aliphatic heterocycles. The average molecular weight is 462 g/mol. The van der Waals surface area contributed by atoms with E-state index >= 15 is 0 Å². The Morgan fingerprint density at radius 3 is 2.28 bits per heavy atom. The number of benzene rings is 2. The summed E-state index contributed by atoms with van der Waals surface area (Å²) in [6, 6.07) is 10.1. The van der Waals surface area contributed by atoms with Gasteiger partial charge in [-0.15, -0.1) is 0 Å². The molecule has 0 spiro atoms. The molecule has 1 aromatic heterocycles. The maximum absolute atomic E-state index is 12.8. The topological polar surface area (TPSA) is 185 Å². The van der Waals surface area contributed by atoms with E-state index in [0.717, 1.165) is 30.5 Å². The Hall–Kier alpha value is -4.17. The van der Waals surface area contributed by atoms with E-state index in [1.54, 1.807) is 6.07 Å². The lowest BCUT2D eigenvalue weighted by Crippen LogP contribution is -2.20. The van der Waals surface area contributed by atoms with E-state index in [9.17, 15) is 33.4 Å².